The molecule has 3 rings (SSSR count). The van der Waals surface area contributed by atoms with Crippen LogP contribution in [-0.2, 0) is 32.0 Å². The summed E-state index contributed by atoms with van der Waals surface area (Å²) in [4.78, 5) is 41.2. The molecule has 1 heterocycles. The van der Waals surface area contributed by atoms with Crippen molar-refractivity contribution in [3.8, 4) is 0 Å². The Morgan fingerprint density at radius 2 is 1.85 bits per heavy atom. The molecule has 0 radical (unpaired) electrons. The molecule has 0 aliphatic carbocycles. The van der Waals surface area contributed by atoms with E-state index in [1.54, 1.807) is 30.5 Å². The first-order valence-corrected chi connectivity index (χ1v) is 12.3. The third kappa shape index (κ3) is 8.53. The second-order valence-corrected chi connectivity index (χ2v) is 9.19. The smallest absolute Gasteiger partial charge is 0.311 e. The van der Waals surface area contributed by atoms with Crippen LogP contribution in [0, 0.1) is 0 Å². The standard InChI is InChI=1S/C23H22ClN3O4S2/c1-2-31-22(30)12-18-13-33-23(26-18)27-21(29)14-32-19-5-3-4-17(11-19)25-20(28)10-15-6-8-16(24)9-7-15/h3-9,11,13H,2,10,12,14H2,1H3,(H,25,28)(H,26,27,29). The molecule has 0 fully saturated rings. The first-order chi connectivity index (χ1) is 15.9. The van der Waals surface area contributed by atoms with Crippen LogP contribution in [-0.4, -0.2) is 35.1 Å². The lowest BCUT2D eigenvalue weighted by atomic mass is 10.1. The van der Waals surface area contributed by atoms with E-state index in [9.17, 15) is 14.4 Å². The van der Waals surface area contributed by atoms with Gasteiger partial charge in [-0.25, -0.2) is 4.98 Å². The molecule has 33 heavy (non-hydrogen) atoms. The van der Waals surface area contributed by atoms with Crippen molar-refractivity contribution in [2.75, 3.05) is 23.0 Å². The molecule has 0 spiro atoms. The van der Waals surface area contributed by atoms with Gasteiger partial charge in [0.1, 0.15) is 0 Å². The van der Waals surface area contributed by atoms with Crippen LogP contribution in [0.25, 0.3) is 0 Å². The Morgan fingerprint density at radius 1 is 1.06 bits per heavy atom. The molecule has 172 valence electrons. The number of hydrogen-bond acceptors (Lipinski definition) is 7. The molecule has 10 heteroatoms. The van der Waals surface area contributed by atoms with Gasteiger partial charge in [-0.2, -0.15) is 0 Å². The lowest BCUT2D eigenvalue weighted by Crippen LogP contribution is -2.15. The van der Waals surface area contributed by atoms with Crippen molar-refractivity contribution in [1.82, 2.24) is 4.98 Å². The molecule has 2 N–H and O–H groups in total. The van der Waals surface area contributed by atoms with Crippen LogP contribution in [0.5, 0.6) is 0 Å². The Bertz CT molecular complexity index is 1120. The summed E-state index contributed by atoms with van der Waals surface area (Å²) < 4.78 is 4.90. The second-order valence-electron chi connectivity index (χ2n) is 6.84. The molecule has 2 aromatic carbocycles. The van der Waals surface area contributed by atoms with Gasteiger partial charge in [0.05, 0.1) is 30.9 Å². The Hall–Kier alpha value is -2.88. The van der Waals surface area contributed by atoms with Crippen molar-refractivity contribution in [1.29, 1.82) is 0 Å². The van der Waals surface area contributed by atoms with E-state index >= 15 is 0 Å². The quantitative estimate of drug-likeness (QED) is 0.304. The topological polar surface area (TPSA) is 97.4 Å². The van der Waals surface area contributed by atoms with Crippen molar-refractivity contribution in [2.24, 2.45) is 0 Å². The zero-order valence-corrected chi connectivity index (χ0v) is 20.2. The molecule has 2 amide bonds. The van der Waals surface area contributed by atoms with Gasteiger partial charge in [-0.05, 0) is 42.8 Å². The average Bonchev–Trinajstić information content (AvgIpc) is 3.20. The zero-order valence-electron chi connectivity index (χ0n) is 17.8. The molecule has 0 saturated carbocycles. The summed E-state index contributed by atoms with van der Waals surface area (Å²) in [5.74, 6) is -0.528. The van der Waals surface area contributed by atoms with E-state index in [4.69, 9.17) is 16.3 Å². The second kappa shape index (κ2) is 12.4. The first kappa shape index (κ1) is 24.8. The van der Waals surface area contributed by atoms with E-state index in [0.29, 0.717) is 28.1 Å². The summed E-state index contributed by atoms with van der Waals surface area (Å²) in [5.41, 5.74) is 2.08. The van der Waals surface area contributed by atoms with Crippen molar-refractivity contribution in [3.05, 3.63) is 70.2 Å². The van der Waals surface area contributed by atoms with Gasteiger partial charge in [-0.3, -0.25) is 14.4 Å². The number of hydrogen-bond donors (Lipinski definition) is 2. The Morgan fingerprint density at radius 3 is 2.61 bits per heavy atom. The van der Waals surface area contributed by atoms with E-state index in [2.05, 4.69) is 15.6 Å². The minimum Gasteiger partial charge on any atom is -0.466 e. The summed E-state index contributed by atoms with van der Waals surface area (Å²) in [7, 11) is 0. The van der Waals surface area contributed by atoms with Crippen LogP contribution < -0.4 is 10.6 Å². The molecular weight excluding hydrogens is 482 g/mol. The van der Waals surface area contributed by atoms with Gasteiger partial charge in [0.2, 0.25) is 11.8 Å². The van der Waals surface area contributed by atoms with Gasteiger partial charge in [0.15, 0.2) is 5.13 Å². The van der Waals surface area contributed by atoms with Crippen LogP contribution in [0.3, 0.4) is 0 Å². The molecule has 0 saturated heterocycles. The molecule has 0 unspecified atom stereocenters. The largest absolute Gasteiger partial charge is 0.466 e. The van der Waals surface area contributed by atoms with Gasteiger partial charge >= 0.3 is 5.97 Å². The predicted molar refractivity (Wildman–Crippen MR) is 132 cm³/mol. The molecule has 1 aromatic heterocycles. The summed E-state index contributed by atoms with van der Waals surface area (Å²) in [5, 5.41) is 8.38. The SMILES string of the molecule is CCOC(=O)Cc1csc(NC(=O)CSc2cccc(NC(=O)Cc3ccc(Cl)cc3)c2)n1. The van der Waals surface area contributed by atoms with Crippen LogP contribution in [0.15, 0.2) is 58.8 Å². The van der Waals surface area contributed by atoms with Gasteiger partial charge in [-0.15, -0.1) is 23.1 Å². The van der Waals surface area contributed by atoms with E-state index in [1.165, 1.54) is 23.1 Å². The number of carbonyl (C=O) groups excluding carboxylic acids is 3. The number of thioether (sulfide) groups is 1. The molecule has 7 nitrogen and oxygen atoms in total. The number of aromatic nitrogens is 1. The maximum atomic E-state index is 12.3. The normalized spacial score (nSPS) is 10.5. The number of nitrogens with zero attached hydrogens (tertiary/aromatic N) is 1. The maximum absolute atomic E-state index is 12.3. The molecule has 0 bridgehead atoms. The Labute approximate surface area is 204 Å². The average molecular weight is 504 g/mol. The highest BCUT2D eigenvalue weighted by molar-refractivity contribution is 8.00. The van der Waals surface area contributed by atoms with Gasteiger partial charge in [-0.1, -0.05) is 29.8 Å². The fourth-order valence-electron chi connectivity index (χ4n) is 2.77. The minimum absolute atomic E-state index is 0.0749. The van der Waals surface area contributed by atoms with Crippen molar-refractivity contribution in [2.45, 2.75) is 24.7 Å². The predicted octanol–water partition coefficient (Wildman–Crippen LogP) is 4.81. The number of nitrogens with one attached hydrogen (secondary N) is 2. The molecular formula is C23H22ClN3O4S2. The van der Waals surface area contributed by atoms with Crippen LogP contribution in [0.2, 0.25) is 5.02 Å². The number of benzene rings is 2. The monoisotopic (exact) mass is 503 g/mol. The Kier molecular flexibility index (Phi) is 9.29. The fourth-order valence-corrected chi connectivity index (χ4v) is 4.37. The van der Waals surface area contributed by atoms with Crippen molar-refractivity contribution < 1.29 is 19.1 Å². The molecule has 0 aliphatic rings. The summed E-state index contributed by atoms with van der Waals surface area (Å²) in [6.45, 7) is 2.06. The number of carbonyl (C=O) groups is 3. The Balaban J connectivity index is 1.46. The molecule has 0 atom stereocenters. The number of thiazole rings is 1. The number of rotatable bonds is 10. The summed E-state index contributed by atoms with van der Waals surface area (Å²) in [6, 6.07) is 14.4. The van der Waals surface area contributed by atoms with Gasteiger partial charge in [0, 0.05) is 21.0 Å². The highest BCUT2D eigenvalue weighted by atomic mass is 35.5. The number of halogens is 1. The number of ether oxygens (including phenoxy) is 1. The molecule has 3 aromatic rings. The van der Waals surface area contributed by atoms with Crippen LogP contribution >= 0.6 is 34.7 Å². The lowest BCUT2D eigenvalue weighted by molar-refractivity contribution is -0.142. The number of amides is 2. The molecule has 0 aliphatic heterocycles. The highest BCUT2D eigenvalue weighted by Gasteiger charge is 2.11. The van der Waals surface area contributed by atoms with Crippen molar-refractivity contribution in [3.63, 3.8) is 0 Å². The zero-order chi connectivity index (χ0) is 23.6. The van der Waals surface area contributed by atoms with Crippen LogP contribution in [0.1, 0.15) is 18.2 Å². The lowest BCUT2D eigenvalue weighted by Gasteiger charge is -2.08. The number of anilines is 2. The number of esters is 1. The summed E-state index contributed by atoms with van der Waals surface area (Å²) in [6.07, 6.45) is 0.314. The van der Waals surface area contributed by atoms with E-state index in [0.717, 1.165) is 10.5 Å². The van der Waals surface area contributed by atoms with Crippen molar-refractivity contribution >= 4 is 63.3 Å². The third-order valence-electron chi connectivity index (χ3n) is 4.19. The minimum atomic E-state index is -0.351. The first-order valence-electron chi connectivity index (χ1n) is 10.1. The van der Waals surface area contributed by atoms with E-state index in [1.807, 2.05) is 30.3 Å². The maximum Gasteiger partial charge on any atom is 0.311 e. The highest BCUT2D eigenvalue weighted by Crippen LogP contribution is 2.23. The fraction of sp³-hybridized carbons (Fsp3) is 0.217. The van der Waals surface area contributed by atoms with E-state index in [-0.39, 0.29) is 36.4 Å². The van der Waals surface area contributed by atoms with Crippen LogP contribution in [0.4, 0.5) is 10.8 Å². The van der Waals surface area contributed by atoms with Gasteiger partial charge < -0.3 is 15.4 Å². The van der Waals surface area contributed by atoms with Gasteiger partial charge in [0.25, 0.3) is 0 Å². The summed E-state index contributed by atoms with van der Waals surface area (Å²) >= 11 is 8.47. The van der Waals surface area contributed by atoms with E-state index < -0.39 is 0 Å². The third-order valence-corrected chi connectivity index (χ3v) is 6.25.